The van der Waals surface area contributed by atoms with E-state index in [2.05, 4.69) is 4.90 Å². The van der Waals surface area contributed by atoms with E-state index in [1.165, 1.54) is 0 Å². The molecule has 31 heavy (non-hydrogen) atoms. The summed E-state index contributed by atoms with van der Waals surface area (Å²) in [5, 5.41) is 68.9. The lowest BCUT2D eigenvalue weighted by Gasteiger charge is -2.36. The van der Waals surface area contributed by atoms with Crippen LogP contribution >= 0.6 is 0 Å². The van der Waals surface area contributed by atoms with Gasteiger partial charge in [0, 0.05) is 51.4 Å². The van der Waals surface area contributed by atoms with Crippen molar-refractivity contribution in [3.8, 4) is 5.75 Å². The van der Waals surface area contributed by atoms with Crippen molar-refractivity contribution >= 4 is 0 Å². The van der Waals surface area contributed by atoms with Crippen molar-refractivity contribution in [3.05, 3.63) is 29.8 Å². The number of nitrogens with zero attached hydrogens (tertiary/aromatic N) is 3. The average Bonchev–Trinajstić information content (AvgIpc) is 2.88. The first-order valence-electron chi connectivity index (χ1n) is 10.7. The number of hydrogen-bond acceptors (Lipinski definition) is 10. The third kappa shape index (κ3) is 7.35. The first kappa shape index (κ1) is 25.9. The summed E-state index contributed by atoms with van der Waals surface area (Å²) in [4.78, 5) is 5.88. The zero-order valence-corrected chi connectivity index (χ0v) is 17.9. The summed E-state index contributed by atoms with van der Waals surface area (Å²) in [5.74, 6) is 0.198. The Morgan fingerprint density at radius 3 is 1.55 bits per heavy atom. The summed E-state index contributed by atoms with van der Waals surface area (Å²) in [6.07, 6.45) is -2.22. The van der Waals surface area contributed by atoms with Crippen molar-refractivity contribution in [2.24, 2.45) is 0 Å². The Morgan fingerprint density at radius 2 is 1.13 bits per heavy atom. The highest BCUT2D eigenvalue weighted by atomic mass is 16.3. The van der Waals surface area contributed by atoms with Crippen molar-refractivity contribution in [3.63, 3.8) is 0 Å². The smallest absolute Gasteiger partial charge is 0.120 e. The second kappa shape index (κ2) is 13.3. The molecule has 7 N–H and O–H groups in total. The zero-order chi connectivity index (χ0) is 22.8. The van der Waals surface area contributed by atoms with E-state index >= 15 is 0 Å². The standard InChI is InChI=1S/C21H37N3O7/c25-12-17(20(30)14-27)23-7-5-22(11-16-3-1-2-4-19(16)29)6-8-24(10-9-23)18(13-26)21(31)15-28/h1-4,17-18,20-21,25-31H,5-15H2/t17?,18?,20-,21-/m1/s1. The molecule has 2 unspecified atom stereocenters. The molecule has 1 aromatic rings. The van der Waals surface area contributed by atoms with Crippen LogP contribution in [0.1, 0.15) is 5.56 Å². The molecule has 10 heteroatoms. The third-order valence-electron chi connectivity index (χ3n) is 6.04. The average molecular weight is 444 g/mol. The van der Waals surface area contributed by atoms with Gasteiger partial charge in [0.15, 0.2) is 0 Å². The van der Waals surface area contributed by atoms with Crippen LogP contribution in [0.3, 0.4) is 0 Å². The highest BCUT2D eigenvalue weighted by Gasteiger charge is 2.30. The summed E-state index contributed by atoms with van der Waals surface area (Å²) in [7, 11) is 0. The van der Waals surface area contributed by atoms with Crippen LogP contribution in [-0.2, 0) is 6.54 Å². The van der Waals surface area contributed by atoms with Gasteiger partial charge in [0.1, 0.15) is 5.75 Å². The molecule has 0 saturated carbocycles. The van der Waals surface area contributed by atoms with Crippen LogP contribution in [0, 0.1) is 0 Å². The molecule has 0 aromatic heterocycles. The van der Waals surface area contributed by atoms with Gasteiger partial charge in [0.05, 0.1) is 50.7 Å². The summed E-state index contributed by atoms with van der Waals surface area (Å²) >= 11 is 0. The summed E-state index contributed by atoms with van der Waals surface area (Å²) < 4.78 is 0. The Kier molecular flexibility index (Phi) is 11.1. The Labute approximate surface area is 183 Å². The van der Waals surface area contributed by atoms with E-state index in [4.69, 9.17) is 0 Å². The number of aromatic hydroxyl groups is 1. The minimum Gasteiger partial charge on any atom is -0.508 e. The van der Waals surface area contributed by atoms with Crippen LogP contribution < -0.4 is 0 Å². The van der Waals surface area contributed by atoms with Gasteiger partial charge in [-0.1, -0.05) is 18.2 Å². The van der Waals surface area contributed by atoms with Gasteiger partial charge in [-0.15, -0.1) is 0 Å². The molecule has 178 valence electrons. The Bertz CT molecular complexity index is 609. The fourth-order valence-electron chi connectivity index (χ4n) is 4.04. The van der Waals surface area contributed by atoms with Crippen LogP contribution in [0.4, 0.5) is 0 Å². The van der Waals surface area contributed by atoms with Crippen LogP contribution in [0.2, 0.25) is 0 Å². The molecule has 1 aliphatic heterocycles. The molecule has 1 saturated heterocycles. The van der Waals surface area contributed by atoms with Gasteiger partial charge in [-0.05, 0) is 6.07 Å². The highest BCUT2D eigenvalue weighted by molar-refractivity contribution is 5.31. The third-order valence-corrected chi connectivity index (χ3v) is 6.04. The SMILES string of the molecule is OCC([C@H](O)CO)N1CCN(Cc2ccccc2O)CCN(C(CO)[C@H](O)CO)CC1. The lowest BCUT2D eigenvalue weighted by molar-refractivity contribution is -0.0301. The predicted octanol–water partition coefficient (Wildman–Crippen LogP) is -2.76. The van der Waals surface area contributed by atoms with Gasteiger partial charge >= 0.3 is 0 Å². The fourth-order valence-corrected chi connectivity index (χ4v) is 4.04. The first-order valence-corrected chi connectivity index (χ1v) is 10.7. The second-order valence-corrected chi connectivity index (χ2v) is 7.98. The Hall–Kier alpha value is -1.34. The lowest BCUT2D eigenvalue weighted by Crippen LogP contribution is -2.53. The molecule has 1 heterocycles. The molecule has 0 amide bonds. The highest BCUT2D eigenvalue weighted by Crippen LogP contribution is 2.19. The maximum absolute atomic E-state index is 10.2. The van der Waals surface area contributed by atoms with E-state index in [0.717, 1.165) is 5.56 Å². The fraction of sp³-hybridized carbons (Fsp3) is 0.714. The van der Waals surface area contributed by atoms with Crippen LogP contribution in [-0.4, -0.2) is 140 Å². The number of benzene rings is 1. The van der Waals surface area contributed by atoms with Gasteiger partial charge in [0.2, 0.25) is 0 Å². The topological polar surface area (TPSA) is 151 Å². The molecule has 1 aromatic carbocycles. The maximum atomic E-state index is 10.2. The maximum Gasteiger partial charge on any atom is 0.120 e. The number of aliphatic hydroxyl groups is 6. The first-order chi connectivity index (χ1) is 14.9. The van der Waals surface area contributed by atoms with E-state index in [0.29, 0.717) is 45.8 Å². The minimum atomic E-state index is -1.11. The molecule has 1 aliphatic rings. The van der Waals surface area contributed by atoms with Gasteiger partial charge in [-0.3, -0.25) is 14.7 Å². The number of hydrogen-bond donors (Lipinski definition) is 7. The number of phenolic OH excluding ortho intramolecular Hbond substituents is 1. The van der Waals surface area contributed by atoms with E-state index < -0.39 is 37.5 Å². The van der Waals surface area contributed by atoms with Gasteiger partial charge < -0.3 is 35.7 Å². The summed E-state index contributed by atoms with van der Waals surface area (Å²) in [5.41, 5.74) is 0.767. The monoisotopic (exact) mass is 443 g/mol. The second-order valence-electron chi connectivity index (χ2n) is 7.98. The number of phenols is 1. The van der Waals surface area contributed by atoms with E-state index in [1.54, 1.807) is 12.1 Å². The molecule has 10 nitrogen and oxygen atoms in total. The van der Waals surface area contributed by atoms with E-state index in [-0.39, 0.29) is 19.0 Å². The van der Waals surface area contributed by atoms with Crippen LogP contribution in [0.15, 0.2) is 24.3 Å². The Morgan fingerprint density at radius 1 is 0.677 bits per heavy atom. The van der Waals surface area contributed by atoms with E-state index in [1.807, 2.05) is 21.9 Å². The zero-order valence-electron chi connectivity index (χ0n) is 17.9. The number of aliphatic hydroxyl groups excluding tert-OH is 6. The van der Waals surface area contributed by atoms with Crippen LogP contribution in [0.5, 0.6) is 5.75 Å². The quantitative estimate of drug-likeness (QED) is 0.203. The number of rotatable bonds is 10. The number of para-hydroxylation sites is 1. The van der Waals surface area contributed by atoms with E-state index in [9.17, 15) is 35.7 Å². The largest absolute Gasteiger partial charge is 0.508 e. The molecule has 0 aliphatic carbocycles. The van der Waals surface area contributed by atoms with Gasteiger partial charge in [-0.25, -0.2) is 0 Å². The molecular weight excluding hydrogens is 406 g/mol. The molecule has 1 fully saturated rings. The van der Waals surface area contributed by atoms with Crippen molar-refractivity contribution in [1.29, 1.82) is 0 Å². The van der Waals surface area contributed by atoms with Crippen molar-refractivity contribution in [1.82, 2.24) is 14.7 Å². The minimum absolute atomic E-state index is 0.198. The summed E-state index contributed by atoms with van der Waals surface area (Å²) in [6.45, 7) is 1.92. The van der Waals surface area contributed by atoms with Crippen molar-refractivity contribution in [2.75, 3.05) is 65.7 Å². The van der Waals surface area contributed by atoms with Crippen molar-refractivity contribution < 1.29 is 35.7 Å². The van der Waals surface area contributed by atoms with Gasteiger partial charge in [0.25, 0.3) is 0 Å². The summed E-state index contributed by atoms with van der Waals surface area (Å²) in [6, 6.07) is 5.76. The van der Waals surface area contributed by atoms with Crippen molar-refractivity contribution in [2.45, 2.75) is 30.8 Å². The molecule has 4 atom stereocenters. The van der Waals surface area contributed by atoms with Crippen LogP contribution in [0.25, 0.3) is 0 Å². The lowest BCUT2D eigenvalue weighted by atomic mass is 10.1. The molecule has 0 radical (unpaired) electrons. The van der Waals surface area contributed by atoms with Gasteiger partial charge in [-0.2, -0.15) is 0 Å². The molecule has 0 spiro atoms. The predicted molar refractivity (Wildman–Crippen MR) is 114 cm³/mol. The molecule has 0 bridgehead atoms. The normalized spacial score (nSPS) is 21.6. The molecule has 2 rings (SSSR count). The Balaban J connectivity index is 2.24. The molecular formula is C21H37N3O7.